The third-order valence-corrected chi connectivity index (χ3v) is 2.46. The van der Waals surface area contributed by atoms with Crippen molar-refractivity contribution in [2.75, 3.05) is 5.75 Å². The van der Waals surface area contributed by atoms with E-state index in [1.54, 1.807) is 0 Å². The standard InChI is InChI=1S/C7H15S/c1-4-6-8-7(3)5-2/h7H,3-6H2,1-2H3. The van der Waals surface area contributed by atoms with Gasteiger partial charge in [-0.1, -0.05) is 13.8 Å². The van der Waals surface area contributed by atoms with Crippen LogP contribution in [0.3, 0.4) is 0 Å². The van der Waals surface area contributed by atoms with E-state index >= 15 is 0 Å². The third-order valence-electron chi connectivity index (χ3n) is 1.01. The average molecular weight is 131 g/mol. The molecule has 0 saturated carbocycles. The summed E-state index contributed by atoms with van der Waals surface area (Å²) in [5, 5.41) is 0.620. The highest BCUT2D eigenvalue weighted by Crippen LogP contribution is 2.12. The molecule has 0 fully saturated rings. The third kappa shape index (κ3) is 4.51. The Kier molecular flexibility index (Phi) is 5.73. The van der Waals surface area contributed by atoms with Crippen LogP contribution in [0.4, 0.5) is 0 Å². The van der Waals surface area contributed by atoms with Crippen LogP contribution in [0.2, 0.25) is 0 Å². The Hall–Kier alpha value is 0.350. The first-order valence-corrected chi connectivity index (χ1v) is 4.30. The first-order chi connectivity index (χ1) is 3.81. The summed E-state index contributed by atoms with van der Waals surface area (Å²) in [6.45, 7) is 8.34. The van der Waals surface area contributed by atoms with Crippen LogP contribution in [0.1, 0.15) is 26.7 Å². The molecule has 0 aromatic carbocycles. The van der Waals surface area contributed by atoms with E-state index < -0.39 is 0 Å². The van der Waals surface area contributed by atoms with Gasteiger partial charge in [0.1, 0.15) is 0 Å². The molecule has 8 heavy (non-hydrogen) atoms. The summed E-state index contributed by atoms with van der Waals surface area (Å²) in [7, 11) is 0. The molecule has 1 radical (unpaired) electrons. The fourth-order valence-electron chi connectivity index (χ4n) is 0.402. The molecule has 0 aliphatic heterocycles. The molecule has 0 aromatic rings. The van der Waals surface area contributed by atoms with Crippen LogP contribution in [-0.2, 0) is 0 Å². The van der Waals surface area contributed by atoms with E-state index in [0.29, 0.717) is 5.25 Å². The molecule has 0 N–H and O–H groups in total. The Bertz CT molecular complexity index is 43.7. The van der Waals surface area contributed by atoms with E-state index in [4.69, 9.17) is 0 Å². The minimum atomic E-state index is 0.620. The van der Waals surface area contributed by atoms with Gasteiger partial charge in [-0.2, -0.15) is 11.8 Å². The number of hydrogen-bond donors (Lipinski definition) is 0. The topological polar surface area (TPSA) is 0 Å². The molecule has 1 atom stereocenters. The Morgan fingerprint density at radius 2 is 2.12 bits per heavy atom. The van der Waals surface area contributed by atoms with Crippen LogP contribution >= 0.6 is 11.8 Å². The highest BCUT2D eigenvalue weighted by atomic mass is 32.2. The van der Waals surface area contributed by atoms with Crippen molar-refractivity contribution in [3.63, 3.8) is 0 Å². The monoisotopic (exact) mass is 131 g/mol. The number of thioether (sulfide) groups is 1. The lowest BCUT2D eigenvalue weighted by molar-refractivity contribution is 0.967. The lowest BCUT2D eigenvalue weighted by Crippen LogP contribution is -1.93. The molecule has 0 spiro atoms. The zero-order valence-electron chi connectivity index (χ0n) is 5.81. The number of rotatable bonds is 4. The SMILES string of the molecule is [CH2]C(CC)SCCC. The molecule has 1 heteroatoms. The molecule has 49 valence electrons. The van der Waals surface area contributed by atoms with Crippen molar-refractivity contribution in [1.82, 2.24) is 0 Å². The van der Waals surface area contributed by atoms with Crippen molar-refractivity contribution >= 4 is 11.8 Å². The van der Waals surface area contributed by atoms with Crippen LogP contribution in [0.5, 0.6) is 0 Å². The molecule has 0 saturated heterocycles. The molecule has 0 aromatic heterocycles. The van der Waals surface area contributed by atoms with E-state index in [1.165, 1.54) is 18.6 Å². The van der Waals surface area contributed by atoms with Gasteiger partial charge in [0.05, 0.1) is 0 Å². The molecule has 0 heterocycles. The van der Waals surface area contributed by atoms with Crippen LogP contribution in [0.15, 0.2) is 0 Å². The molecule has 0 bridgehead atoms. The summed E-state index contributed by atoms with van der Waals surface area (Å²) in [6.07, 6.45) is 2.47. The second kappa shape index (κ2) is 5.49. The molecule has 0 rings (SSSR count). The highest BCUT2D eigenvalue weighted by Gasteiger charge is 1.95. The second-order valence-corrected chi connectivity index (χ2v) is 3.31. The normalized spacial score (nSPS) is 13.9. The molecule has 0 amide bonds. The smallest absolute Gasteiger partial charge is 0.00448 e. The molecule has 0 nitrogen and oxygen atoms in total. The van der Waals surface area contributed by atoms with Gasteiger partial charge in [-0.3, -0.25) is 0 Å². The summed E-state index contributed by atoms with van der Waals surface area (Å²) >= 11 is 1.97. The summed E-state index contributed by atoms with van der Waals surface area (Å²) in [5.41, 5.74) is 0. The van der Waals surface area contributed by atoms with Gasteiger partial charge >= 0.3 is 0 Å². The molecule has 0 aliphatic carbocycles. The molecule has 1 unspecified atom stereocenters. The largest absolute Gasteiger partial charge is 0.159 e. The van der Waals surface area contributed by atoms with Crippen molar-refractivity contribution in [1.29, 1.82) is 0 Å². The van der Waals surface area contributed by atoms with Gasteiger partial charge in [-0.05, 0) is 25.5 Å². The van der Waals surface area contributed by atoms with Gasteiger partial charge in [0.15, 0.2) is 0 Å². The van der Waals surface area contributed by atoms with Gasteiger partial charge in [0.2, 0.25) is 0 Å². The summed E-state index contributed by atoms with van der Waals surface area (Å²) in [4.78, 5) is 0. The quantitative estimate of drug-likeness (QED) is 0.565. The van der Waals surface area contributed by atoms with Gasteiger partial charge in [0, 0.05) is 5.25 Å². The Labute approximate surface area is 57.1 Å². The summed E-state index contributed by atoms with van der Waals surface area (Å²) in [5.74, 6) is 1.27. The average Bonchev–Trinajstić information content (AvgIpc) is 1.83. The van der Waals surface area contributed by atoms with Crippen molar-refractivity contribution < 1.29 is 0 Å². The van der Waals surface area contributed by atoms with E-state index in [0.717, 1.165) is 0 Å². The first-order valence-electron chi connectivity index (χ1n) is 3.26. The van der Waals surface area contributed by atoms with E-state index in [1.807, 2.05) is 11.8 Å². The van der Waals surface area contributed by atoms with Crippen LogP contribution in [0, 0.1) is 6.92 Å². The lowest BCUT2D eigenvalue weighted by Gasteiger charge is -2.04. The predicted molar refractivity (Wildman–Crippen MR) is 42.2 cm³/mol. The van der Waals surface area contributed by atoms with Crippen LogP contribution in [-0.4, -0.2) is 11.0 Å². The van der Waals surface area contributed by atoms with Crippen LogP contribution < -0.4 is 0 Å². The van der Waals surface area contributed by atoms with Gasteiger partial charge < -0.3 is 0 Å². The zero-order chi connectivity index (χ0) is 6.41. The predicted octanol–water partition coefficient (Wildman–Crippen LogP) is 2.74. The van der Waals surface area contributed by atoms with Crippen LogP contribution in [0.25, 0.3) is 0 Å². The first kappa shape index (κ1) is 8.35. The van der Waals surface area contributed by atoms with Crippen molar-refractivity contribution in [2.24, 2.45) is 0 Å². The fourth-order valence-corrected chi connectivity index (χ4v) is 1.21. The molecular formula is C7H15S. The molecule has 0 aliphatic rings. The van der Waals surface area contributed by atoms with Crippen molar-refractivity contribution in [3.05, 3.63) is 6.92 Å². The maximum absolute atomic E-state index is 3.96. The number of hydrogen-bond acceptors (Lipinski definition) is 1. The lowest BCUT2D eigenvalue weighted by atomic mass is 10.4. The van der Waals surface area contributed by atoms with Gasteiger partial charge in [-0.15, -0.1) is 0 Å². The van der Waals surface area contributed by atoms with Crippen molar-refractivity contribution in [2.45, 2.75) is 31.9 Å². The minimum absolute atomic E-state index is 0.620. The molecular weight excluding hydrogens is 116 g/mol. The maximum atomic E-state index is 3.96. The Morgan fingerprint density at radius 3 is 2.50 bits per heavy atom. The summed E-state index contributed by atoms with van der Waals surface area (Å²) < 4.78 is 0. The minimum Gasteiger partial charge on any atom is -0.159 e. The van der Waals surface area contributed by atoms with E-state index in [2.05, 4.69) is 20.8 Å². The fraction of sp³-hybridized carbons (Fsp3) is 0.857. The van der Waals surface area contributed by atoms with Gasteiger partial charge in [-0.25, -0.2) is 0 Å². The Balaban J connectivity index is 2.86. The van der Waals surface area contributed by atoms with Crippen molar-refractivity contribution in [3.8, 4) is 0 Å². The van der Waals surface area contributed by atoms with E-state index in [9.17, 15) is 0 Å². The van der Waals surface area contributed by atoms with Gasteiger partial charge in [0.25, 0.3) is 0 Å². The highest BCUT2D eigenvalue weighted by molar-refractivity contribution is 7.99. The Morgan fingerprint density at radius 1 is 1.50 bits per heavy atom. The zero-order valence-corrected chi connectivity index (χ0v) is 6.63. The van der Waals surface area contributed by atoms with E-state index in [-0.39, 0.29) is 0 Å². The summed E-state index contributed by atoms with van der Waals surface area (Å²) in [6, 6.07) is 0. The second-order valence-electron chi connectivity index (χ2n) is 1.90. The maximum Gasteiger partial charge on any atom is 0.00448 e.